The number of anilines is 1. The van der Waals surface area contributed by atoms with E-state index in [2.05, 4.69) is 11.2 Å². The van der Waals surface area contributed by atoms with Crippen molar-refractivity contribution in [2.75, 3.05) is 5.01 Å². The zero-order valence-corrected chi connectivity index (χ0v) is 16.1. The molecule has 0 bridgehead atoms. The van der Waals surface area contributed by atoms with Crippen LogP contribution in [-0.2, 0) is 4.79 Å². The fourth-order valence-electron chi connectivity index (χ4n) is 4.67. The van der Waals surface area contributed by atoms with Crippen LogP contribution in [0.3, 0.4) is 0 Å². The molecule has 2 aromatic rings. The molecule has 2 aliphatic rings. The normalized spacial score (nSPS) is 26.3. The van der Waals surface area contributed by atoms with Crippen molar-refractivity contribution in [3.63, 3.8) is 0 Å². The molecule has 1 saturated carbocycles. The summed E-state index contributed by atoms with van der Waals surface area (Å²) in [6, 6.07) is 23.7. The molecule has 1 heterocycles. The maximum absolute atomic E-state index is 13.8. The standard InChI is InChI=1S/C23H16N6O/c1-15-23(21(30)29(28-15)18-10-6-3-7-11-18)19(16-8-4-2-5-9-16)22(23,14-26)20(27)17(12-24)13-25/h2-11,19H,27H2,1H3/t19-,22-,23+/m0/s1. The lowest BCUT2D eigenvalue weighted by molar-refractivity contribution is -0.121. The van der Waals surface area contributed by atoms with Gasteiger partial charge in [-0.2, -0.15) is 25.9 Å². The molecule has 1 aliphatic carbocycles. The lowest BCUT2D eigenvalue weighted by Gasteiger charge is -2.17. The van der Waals surface area contributed by atoms with E-state index in [1.807, 2.05) is 24.3 Å². The lowest BCUT2D eigenvalue weighted by Crippen LogP contribution is -2.35. The second-order valence-electron chi connectivity index (χ2n) is 7.22. The lowest BCUT2D eigenvalue weighted by atomic mass is 9.85. The molecule has 0 aromatic heterocycles. The molecule has 1 spiro atoms. The van der Waals surface area contributed by atoms with Gasteiger partial charge in [-0.25, -0.2) is 0 Å². The van der Waals surface area contributed by atoms with Gasteiger partial charge in [0, 0.05) is 5.92 Å². The predicted octanol–water partition coefficient (Wildman–Crippen LogP) is 2.96. The van der Waals surface area contributed by atoms with Gasteiger partial charge < -0.3 is 5.73 Å². The maximum atomic E-state index is 13.8. The van der Waals surface area contributed by atoms with Gasteiger partial charge in [-0.1, -0.05) is 48.5 Å². The number of amides is 1. The molecule has 1 amide bonds. The zero-order valence-electron chi connectivity index (χ0n) is 16.1. The second kappa shape index (κ2) is 6.58. The number of rotatable bonds is 3. The number of benzene rings is 2. The van der Waals surface area contributed by atoms with E-state index in [-0.39, 0.29) is 11.3 Å². The maximum Gasteiger partial charge on any atom is 0.262 e. The van der Waals surface area contributed by atoms with Gasteiger partial charge in [-0.05, 0) is 24.6 Å². The summed E-state index contributed by atoms with van der Waals surface area (Å²) >= 11 is 0. The van der Waals surface area contributed by atoms with Gasteiger partial charge in [-0.3, -0.25) is 4.79 Å². The van der Waals surface area contributed by atoms with Gasteiger partial charge in [0.15, 0.2) is 0 Å². The fraction of sp³-hybridized carbons (Fsp3) is 0.174. The van der Waals surface area contributed by atoms with E-state index in [1.54, 1.807) is 55.5 Å². The Morgan fingerprint density at radius 1 is 1.03 bits per heavy atom. The Labute approximate surface area is 173 Å². The Bertz CT molecular complexity index is 1210. The molecular weight excluding hydrogens is 376 g/mol. The Hall–Kier alpha value is -4.41. The highest BCUT2D eigenvalue weighted by Gasteiger charge is 2.87. The number of allylic oxidation sites excluding steroid dienone is 2. The highest BCUT2D eigenvalue weighted by Crippen LogP contribution is 2.79. The summed E-state index contributed by atoms with van der Waals surface area (Å²) in [6.45, 7) is 1.68. The number of para-hydroxylation sites is 1. The first-order chi connectivity index (χ1) is 14.5. The summed E-state index contributed by atoms with van der Waals surface area (Å²) in [5.41, 5.74) is 4.44. The van der Waals surface area contributed by atoms with E-state index in [1.165, 1.54) is 5.01 Å². The molecule has 3 atom stereocenters. The third kappa shape index (κ3) is 2.11. The predicted molar refractivity (Wildman–Crippen MR) is 109 cm³/mol. The zero-order chi connectivity index (χ0) is 21.5. The van der Waals surface area contributed by atoms with Gasteiger partial charge in [0.05, 0.1) is 23.2 Å². The Balaban J connectivity index is 1.98. The molecule has 0 radical (unpaired) electrons. The van der Waals surface area contributed by atoms with Gasteiger partial charge in [0.25, 0.3) is 5.91 Å². The Kier molecular flexibility index (Phi) is 4.15. The van der Waals surface area contributed by atoms with Crippen LogP contribution in [0.25, 0.3) is 0 Å². The third-order valence-electron chi connectivity index (χ3n) is 5.98. The van der Waals surface area contributed by atoms with Crippen LogP contribution in [0.4, 0.5) is 5.69 Å². The third-order valence-corrected chi connectivity index (χ3v) is 5.98. The first kappa shape index (κ1) is 18.9. The topological polar surface area (TPSA) is 130 Å². The minimum atomic E-state index is -1.58. The number of hydrogen-bond acceptors (Lipinski definition) is 6. The van der Waals surface area contributed by atoms with Crippen LogP contribution in [0.5, 0.6) is 0 Å². The minimum absolute atomic E-state index is 0.193. The SMILES string of the molecule is CC1=NN(c2ccccc2)C(=O)[C@]12[C@@H](c1ccccc1)[C@@]2(C#N)C(N)=C(C#N)C#N. The average Bonchev–Trinajstić information content (AvgIpc) is 3.35. The molecule has 30 heavy (non-hydrogen) atoms. The molecular formula is C23H16N6O. The first-order valence-corrected chi connectivity index (χ1v) is 9.22. The average molecular weight is 392 g/mol. The number of carbonyl (C=O) groups is 1. The quantitative estimate of drug-likeness (QED) is 0.803. The van der Waals surface area contributed by atoms with Crippen molar-refractivity contribution in [1.82, 2.24) is 0 Å². The van der Waals surface area contributed by atoms with Gasteiger partial charge in [0.2, 0.25) is 0 Å². The molecule has 1 aliphatic heterocycles. The van der Waals surface area contributed by atoms with Gasteiger partial charge in [-0.15, -0.1) is 0 Å². The van der Waals surface area contributed by atoms with Crippen molar-refractivity contribution in [3.05, 3.63) is 77.5 Å². The molecule has 2 aromatic carbocycles. The van der Waals surface area contributed by atoms with Crippen LogP contribution in [-0.4, -0.2) is 11.6 Å². The summed E-state index contributed by atoms with van der Waals surface area (Å²) in [6.07, 6.45) is 0. The van der Waals surface area contributed by atoms with Crippen molar-refractivity contribution >= 4 is 17.3 Å². The van der Waals surface area contributed by atoms with Gasteiger partial charge >= 0.3 is 0 Å². The first-order valence-electron chi connectivity index (χ1n) is 9.22. The molecule has 4 rings (SSSR count). The second-order valence-corrected chi connectivity index (χ2v) is 7.22. The molecule has 0 unspecified atom stereocenters. The molecule has 7 nitrogen and oxygen atoms in total. The summed E-state index contributed by atoms with van der Waals surface area (Å²) in [7, 11) is 0. The van der Waals surface area contributed by atoms with Crippen LogP contribution in [0.2, 0.25) is 0 Å². The molecule has 1 fully saturated rings. The van der Waals surface area contributed by atoms with Crippen molar-refractivity contribution in [2.24, 2.45) is 21.7 Å². The van der Waals surface area contributed by atoms with Crippen molar-refractivity contribution < 1.29 is 4.79 Å². The van der Waals surface area contributed by atoms with Crippen LogP contribution < -0.4 is 10.7 Å². The summed E-state index contributed by atoms with van der Waals surface area (Å²) in [5, 5.41) is 34.8. The van der Waals surface area contributed by atoms with E-state index < -0.39 is 22.7 Å². The van der Waals surface area contributed by atoms with E-state index in [0.29, 0.717) is 11.4 Å². The van der Waals surface area contributed by atoms with Crippen molar-refractivity contribution in [2.45, 2.75) is 12.8 Å². The smallest absolute Gasteiger partial charge is 0.262 e. The summed E-state index contributed by atoms with van der Waals surface area (Å²) < 4.78 is 0. The number of nitriles is 3. The van der Waals surface area contributed by atoms with E-state index >= 15 is 0 Å². The van der Waals surface area contributed by atoms with E-state index in [4.69, 9.17) is 5.73 Å². The minimum Gasteiger partial charge on any atom is -0.399 e. The highest BCUT2D eigenvalue weighted by molar-refractivity contribution is 6.24. The van der Waals surface area contributed by atoms with Crippen LogP contribution in [0.15, 0.2) is 77.0 Å². The van der Waals surface area contributed by atoms with Crippen LogP contribution >= 0.6 is 0 Å². The number of hydrazone groups is 1. The largest absolute Gasteiger partial charge is 0.399 e. The van der Waals surface area contributed by atoms with Crippen LogP contribution in [0, 0.1) is 44.8 Å². The van der Waals surface area contributed by atoms with Crippen molar-refractivity contribution in [1.29, 1.82) is 15.8 Å². The van der Waals surface area contributed by atoms with E-state index in [0.717, 1.165) is 5.56 Å². The molecule has 2 N–H and O–H groups in total. The summed E-state index contributed by atoms with van der Waals surface area (Å²) in [4.78, 5) is 13.8. The number of nitrogens with zero attached hydrogens (tertiary/aromatic N) is 5. The Morgan fingerprint density at radius 3 is 2.13 bits per heavy atom. The number of carbonyl (C=O) groups excluding carboxylic acids is 1. The monoisotopic (exact) mass is 392 g/mol. The summed E-state index contributed by atoms with van der Waals surface area (Å²) in [5.74, 6) is -1.07. The molecule has 0 saturated heterocycles. The van der Waals surface area contributed by atoms with Gasteiger partial charge in [0.1, 0.15) is 28.5 Å². The fourth-order valence-corrected chi connectivity index (χ4v) is 4.67. The number of nitrogens with two attached hydrogens (primary N) is 1. The molecule has 7 heteroatoms. The Morgan fingerprint density at radius 2 is 1.60 bits per heavy atom. The molecule has 144 valence electrons. The van der Waals surface area contributed by atoms with E-state index in [9.17, 15) is 20.6 Å². The van der Waals surface area contributed by atoms with Crippen molar-refractivity contribution in [3.8, 4) is 18.2 Å². The van der Waals surface area contributed by atoms with Crippen LogP contribution in [0.1, 0.15) is 18.4 Å². The number of hydrogen-bond donors (Lipinski definition) is 1. The highest BCUT2D eigenvalue weighted by atomic mass is 16.2.